The van der Waals surface area contributed by atoms with Crippen molar-refractivity contribution in [2.24, 2.45) is 5.41 Å². The van der Waals surface area contributed by atoms with E-state index in [2.05, 4.69) is 38.1 Å². The Morgan fingerprint density at radius 3 is 2.67 bits per heavy atom. The lowest BCUT2D eigenvalue weighted by Crippen LogP contribution is -2.31. The molecule has 0 saturated heterocycles. The maximum atomic E-state index is 11.9. The van der Waals surface area contributed by atoms with E-state index >= 15 is 0 Å². The molecular weight excluding hydrogens is 184 g/mol. The number of rotatable bonds is 2. The molecule has 1 aliphatic rings. The quantitative estimate of drug-likeness (QED) is 0.719. The van der Waals surface area contributed by atoms with E-state index in [1.807, 2.05) is 0 Å². The van der Waals surface area contributed by atoms with Crippen LogP contribution in [0, 0.1) is 5.41 Å². The summed E-state index contributed by atoms with van der Waals surface area (Å²) >= 11 is 0. The molecule has 1 aliphatic carbocycles. The van der Waals surface area contributed by atoms with Gasteiger partial charge in [-0.1, -0.05) is 38.1 Å². The van der Waals surface area contributed by atoms with Crippen LogP contribution in [0.3, 0.4) is 0 Å². The number of benzene rings is 1. The van der Waals surface area contributed by atoms with Crippen LogP contribution in [0.25, 0.3) is 0 Å². The summed E-state index contributed by atoms with van der Waals surface area (Å²) < 4.78 is 0. The minimum absolute atomic E-state index is 0.135. The van der Waals surface area contributed by atoms with Crippen LogP contribution >= 0.6 is 0 Å². The van der Waals surface area contributed by atoms with Crippen molar-refractivity contribution in [2.45, 2.75) is 39.5 Å². The summed E-state index contributed by atoms with van der Waals surface area (Å²) in [5.41, 5.74) is 2.60. The van der Waals surface area contributed by atoms with Crippen LogP contribution in [0.2, 0.25) is 0 Å². The fourth-order valence-electron chi connectivity index (χ4n) is 3.02. The molecule has 80 valence electrons. The first-order chi connectivity index (χ1) is 7.12. The highest BCUT2D eigenvalue weighted by molar-refractivity contribution is 5.85. The molecule has 0 spiro atoms. The third-order valence-electron chi connectivity index (χ3n) is 4.19. The van der Waals surface area contributed by atoms with E-state index in [1.54, 1.807) is 6.92 Å². The molecule has 0 aliphatic heterocycles. The second-order valence-electron chi connectivity index (χ2n) is 4.66. The summed E-state index contributed by atoms with van der Waals surface area (Å²) in [5, 5.41) is 0. The summed E-state index contributed by atoms with van der Waals surface area (Å²) in [4.78, 5) is 11.9. The van der Waals surface area contributed by atoms with Gasteiger partial charge in [0.05, 0.1) is 0 Å². The van der Waals surface area contributed by atoms with Crippen molar-refractivity contribution in [1.29, 1.82) is 0 Å². The predicted molar refractivity (Wildman–Crippen MR) is 62.0 cm³/mol. The van der Waals surface area contributed by atoms with Crippen molar-refractivity contribution in [3.8, 4) is 0 Å². The van der Waals surface area contributed by atoms with Gasteiger partial charge >= 0.3 is 0 Å². The van der Waals surface area contributed by atoms with Gasteiger partial charge in [-0.3, -0.25) is 4.79 Å². The lowest BCUT2D eigenvalue weighted by Gasteiger charge is -2.29. The smallest absolute Gasteiger partial charge is 0.136 e. The SMILES string of the molecule is CCC1(C(C)=O)Cc2ccccc2C1C. The Morgan fingerprint density at radius 2 is 2.13 bits per heavy atom. The number of ketones is 1. The monoisotopic (exact) mass is 202 g/mol. The van der Waals surface area contributed by atoms with Gasteiger partial charge in [-0.05, 0) is 36.8 Å². The molecule has 0 fully saturated rings. The summed E-state index contributed by atoms with van der Waals surface area (Å²) in [7, 11) is 0. The Kier molecular flexibility index (Phi) is 2.41. The van der Waals surface area contributed by atoms with Crippen molar-refractivity contribution in [2.75, 3.05) is 0 Å². The molecule has 1 heteroatoms. The number of hydrogen-bond acceptors (Lipinski definition) is 1. The Morgan fingerprint density at radius 1 is 1.47 bits per heavy atom. The Hall–Kier alpha value is -1.11. The average Bonchev–Trinajstić information content (AvgIpc) is 2.53. The van der Waals surface area contributed by atoms with E-state index in [0.717, 1.165) is 12.8 Å². The highest BCUT2D eigenvalue weighted by Gasteiger charge is 2.45. The zero-order chi connectivity index (χ0) is 11.1. The second-order valence-corrected chi connectivity index (χ2v) is 4.66. The Labute approximate surface area is 91.5 Å². The van der Waals surface area contributed by atoms with E-state index in [1.165, 1.54) is 11.1 Å². The van der Waals surface area contributed by atoms with Crippen LogP contribution in [0.4, 0.5) is 0 Å². The summed E-state index contributed by atoms with van der Waals surface area (Å²) in [6, 6.07) is 8.46. The van der Waals surface area contributed by atoms with Crippen molar-refractivity contribution in [1.82, 2.24) is 0 Å². The highest BCUT2D eigenvalue weighted by Crippen LogP contribution is 2.49. The van der Waals surface area contributed by atoms with E-state index in [0.29, 0.717) is 11.7 Å². The van der Waals surface area contributed by atoms with Crippen LogP contribution in [0.15, 0.2) is 24.3 Å². The molecule has 1 aromatic rings. The largest absolute Gasteiger partial charge is 0.299 e. The molecular formula is C14H18O. The van der Waals surface area contributed by atoms with Crippen molar-refractivity contribution >= 4 is 5.78 Å². The standard InChI is InChI=1S/C14H18O/c1-4-14(11(3)15)9-12-7-5-6-8-13(12)10(14)2/h5-8,10H,4,9H2,1-3H3. The summed E-state index contributed by atoms with van der Waals surface area (Å²) in [6.07, 6.45) is 1.87. The third-order valence-corrected chi connectivity index (χ3v) is 4.19. The Bertz CT molecular complexity index is 394. The number of fused-ring (bicyclic) bond motifs is 1. The van der Waals surface area contributed by atoms with Gasteiger partial charge in [-0.15, -0.1) is 0 Å². The number of carbonyl (C=O) groups excluding carboxylic acids is 1. The van der Waals surface area contributed by atoms with Crippen LogP contribution in [-0.4, -0.2) is 5.78 Å². The second kappa shape index (κ2) is 3.48. The summed E-state index contributed by atoms with van der Waals surface area (Å²) in [6.45, 7) is 6.06. The molecule has 15 heavy (non-hydrogen) atoms. The molecule has 2 rings (SSSR count). The number of Topliss-reactive ketones (excluding diaryl/α,β-unsaturated/α-hetero) is 1. The molecule has 2 atom stereocenters. The fourth-order valence-corrected chi connectivity index (χ4v) is 3.02. The normalized spacial score (nSPS) is 28.9. The highest BCUT2D eigenvalue weighted by atomic mass is 16.1. The topological polar surface area (TPSA) is 17.1 Å². The average molecular weight is 202 g/mol. The minimum Gasteiger partial charge on any atom is -0.299 e. The van der Waals surface area contributed by atoms with Gasteiger partial charge in [0.25, 0.3) is 0 Å². The van der Waals surface area contributed by atoms with Crippen molar-refractivity contribution in [3.05, 3.63) is 35.4 Å². The molecule has 0 saturated carbocycles. The third kappa shape index (κ3) is 1.33. The predicted octanol–water partition coefficient (Wildman–Crippen LogP) is 3.33. The van der Waals surface area contributed by atoms with Gasteiger partial charge in [-0.2, -0.15) is 0 Å². The zero-order valence-electron chi connectivity index (χ0n) is 9.71. The molecule has 0 bridgehead atoms. The molecule has 2 unspecified atom stereocenters. The Balaban J connectivity index is 2.49. The maximum absolute atomic E-state index is 11.9. The van der Waals surface area contributed by atoms with Crippen molar-refractivity contribution < 1.29 is 4.79 Å². The van der Waals surface area contributed by atoms with Crippen LogP contribution in [0.1, 0.15) is 44.2 Å². The van der Waals surface area contributed by atoms with Gasteiger partial charge < -0.3 is 0 Å². The van der Waals surface area contributed by atoms with Gasteiger partial charge in [0.2, 0.25) is 0 Å². The van der Waals surface area contributed by atoms with E-state index < -0.39 is 0 Å². The van der Waals surface area contributed by atoms with Gasteiger partial charge in [0, 0.05) is 5.41 Å². The first-order valence-electron chi connectivity index (χ1n) is 5.70. The molecule has 0 aromatic heterocycles. The first-order valence-corrected chi connectivity index (χ1v) is 5.70. The molecule has 0 N–H and O–H groups in total. The molecule has 1 aromatic carbocycles. The number of hydrogen-bond donors (Lipinski definition) is 0. The van der Waals surface area contributed by atoms with E-state index in [-0.39, 0.29) is 5.41 Å². The van der Waals surface area contributed by atoms with Crippen LogP contribution in [0.5, 0.6) is 0 Å². The van der Waals surface area contributed by atoms with Gasteiger partial charge in [0.15, 0.2) is 0 Å². The molecule has 1 nitrogen and oxygen atoms in total. The van der Waals surface area contributed by atoms with Gasteiger partial charge in [-0.25, -0.2) is 0 Å². The molecule has 0 amide bonds. The van der Waals surface area contributed by atoms with E-state index in [4.69, 9.17) is 0 Å². The van der Waals surface area contributed by atoms with Gasteiger partial charge in [0.1, 0.15) is 5.78 Å². The zero-order valence-corrected chi connectivity index (χ0v) is 9.71. The van der Waals surface area contributed by atoms with Crippen LogP contribution in [-0.2, 0) is 11.2 Å². The first kappa shape index (κ1) is 10.4. The lowest BCUT2D eigenvalue weighted by atomic mass is 9.72. The lowest BCUT2D eigenvalue weighted by molar-refractivity contribution is -0.127. The van der Waals surface area contributed by atoms with E-state index in [9.17, 15) is 4.79 Å². The summed E-state index contributed by atoms with van der Waals surface area (Å²) in [5.74, 6) is 0.713. The van der Waals surface area contributed by atoms with Crippen LogP contribution < -0.4 is 0 Å². The minimum atomic E-state index is -0.135. The molecule has 0 radical (unpaired) electrons. The maximum Gasteiger partial charge on any atom is 0.136 e. The van der Waals surface area contributed by atoms with Crippen molar-refractivity contribution in [3.63, 3.8) is 0 Å². The number of carbonyl (C=O) groups is 1. The molecule has 0 heterocycles. The fraction of sp³-hybridized carbons (Fsp3) is 0.500.